The molecular formula is C10H13N3O3. The molecule has 1 aromatic rings. The van der Waals surface area contributed by atoms with Gasteiger partial charge in [-0.2, -0.15) is 0 Å². The van der Waals surface area contributed by atoms with E-state index in [-0.39, 0.29) is 5.69 Å². The molecule has 0 bridgehead atoms. The standard InChI is InChI=1S/C10H13N3O3/c1-6-4-3-5-8(13(15)16)9(6)12-7(2)10(11)14/h3-5,7,12H,1-2H3,(H2,11,14). The molecule has 0 heterocycles. The van der Waals surface area contributed by atoms with Crippen molar-refractivity contribution in [1.82, 2.24) is 0 Å². The Morgan fingerprint density at radius 3 is 2.69 bits per heavy atom. The summed E-state index contributed by atoms with van der Waals surface area (Å²) in [6, 6.07) is 4.04. The number of nitro groups is 1. The first-order chi connectivity index (χ1) is 7.43. The van der Waals surface area contributed by atoms with E-state index in [9.17, 15) is 14.9 Å². The fourth-order valence-electron chi connectivity index (χ4n) is 1.28. The number of aryl methyl sites for hydroxylation is 1. The van der Waals surface area contributed by atoms with Gasteiger partial charge in [0.25, 0.3) is 5.69 Å². The summed E-state index contributed by atoms with van der Waals surface area (Å²) in [5.74, 6) is -0.558. The quantitative estimate of drug-likeness (QED) is 0.591. The van der Waals surface area contributed by atoms with Crippen LogP contribution in [0, 0.1) is 17.0 Å². The first-order valence-electron chi connectivity index (χ1n) is 4.73. The minimum Gasteiger partial charge on any atom is -0.368 e. The molecule has 16 heavy (non-hydrogen) atoms. The maximum Gasteiger partial charge on any atom is 0.292 e. The number of amides is 1. The predicted octanol–water partition coefficient (Wildman–Crippen LogP) is 1.19. The van der Waals surface area contributed by atoms with Gasteiger partial charge in [-0.05, 0) is 19.4 Å². The van der Waals surface area contributed by atoms with Gasteiger partial charge in [0.1, 0.15) is 11.7 Å². The molecule has 86 valence electrons. The summed E-state index contributed by atoms with van der Waals surface area (Å²) in [6.45, 7) is 3.28. The summed E-state index contributed by atoms with van der Waals surface area (Å²) >= 11 is 0. The van der Waals surface area contributed by atoms with Crippen LogP contribution in [0.2, 0.25) is 0 Å². The Balaban J connectivity index is 3.11. The number of nitrogens with zero attached hydrogens (tertiary/aromatic N) is 1. The molecule has 6 heteroatoms. The summed E-state index contributed by atoms with van der Waals surface area (Å²) in [7, 11) is 0. The summed E-state index contributed by atoms with van der Waals surface area (Å²) in [6.07, 6.45) is 0. The average molecular weight is 223 g/mol. The molecule has 0 aliphatic rings. The molecule has 1 amide bonds. The number of anilines is 1. The van der Waals surface area contributed by atoms with Gasteiger partial charge in [0.2, 0.25) is 5.91 Å². The molecule has 0 aliphatic heterocycles. The highest BCUT2D eigenvalue weighted by atomic mass is 16.6. The van der Waals surface area contributed by atoms with Crippen LogP contribution in [0.5, 0.6) is 0 Å². The van der Waals surface area contributed by atoms with Crippen LogP contribution in [0.4, 0.5) is 11.4 Å². The van der Waals surface area contributed by atoms with Crippen molar-refractivity contribution in [3.8, 4) is 0 Å². The lowest BCUT2D eigenvalue weighted by molar-refractivity contribution is -0.384. The Morgan fingerprint density at radius 1 is 1.56 bits per heavy atom. The summed E-state index contributed by atoms with van der Waals surface area (Å²) in [4.78, 5) is 21.2. The van der Waals surface area contributed by atoms with Crippen LogP contribution < -0.4 is 11.1 Å². The third kappa shape index (κ3) is 2.47. The van der Waals surface area contributed by atoms with Crippen molar-refractivity contribution in [2.45, 2.75) is 19.9 Å². The average Bonchev–Trinajstić information content (AvgIpc) is 2.20. The van der Waals surface area contributed by atoms with Crippen LogP contribution in [-0.4, -0.2) is 16.9 Å². The zero-order chi connectivity index (χ0) is 12.3. The van der Waals surface area contributed by atoms with Crippen LogP contribution in [0.1, 0.15) is 12.5 Å². The van der Waals surface area contributed by atoms with Crippen molar-refractivity contribution in [1.29, 1.82) is 0 Å². The molecule has 1 aromatic carbocycles. The van der Waals surface area contributed by atoms with Crippen LogP contribution in [0.3, 0.4) is 0 Å². The van der Waals surface area contributed by atoms with E-state index < -0.39 is 16.9 Å². The van der Waals surface area contributed by atoms with Crippen molar-refractivity contribution < 1.29 is 9.72 Å². The van der Waals surface area contributed by atoms with Crippen molar-refractivity contribution in [3.63, 3.8) is 0 Å². The lowest BCUT2D eigenvalue weighted by Crippen LogP contribution is -2.32. The molecule has 0 fully saturated rings. The number of primary amides is 1. The molecule has 0 aromatic heterocycles. The summed E-state index contributed by atoms with van der Waals surface area (Å²) in [5.41, 5.74) is 6.06. The second-order valence-corrected chi connectivity index (χ2v) is 3.49. The van der Waals surface area contributed by atoms with Gasteiger partial charge in [-0.3, -0.25) is 14.9 Å². The highest BCUT2D eigenvalue weighted by molar-refractivity contribution is 5.84. The molecule has 1 atom stereocenters. The molecule has 0 spiro atoms. The van der Waals surface area contributed by atoms with Gasteiger partial charge in [0, 0.05) is 6.07 Å². The topological polar surface area (TPSA) is 98.3 Å². The number of nitrogens with one attached hydrogen (secondary N) is 1. The zero-order valence-corrected chi connectivity index (χ0v) is 9.06. The van der Waals surface area contributed by atoms with E-state index in [1.807, 2.05) is 0 Å². The molecule has 1 rings (SSSR count). The van der Waals surface area contributed by atoms with E-state index in [0.717, 1.165) is 0 Å². The number of nitro benzene ring substituents is 1. The highest BCUT2D eigenvalue weighted by Gasteiger charge is 2.18. The Labute approximate surface area is 92.6 Å². The molecule has 0 radical (unpaired) electrons. The van der Waals surface area contributed by atoms with Gasteiger partial charge in [-0.25, -0.2) is 0 Å². The smallest absolute Gasteiger partial charge is 0.292 e. The SMILES string of the molecule is Cc1cccc([N+](=O)[O-])c1NC(C)C(N)=O. The third-order valence-corrected chi connectivity index (χ3v) is 2.24. The minimum atomic E-state index is -0.653. The van der Waals surface area contributed by atoms with Crippen molar-refractivity contribution in [3.05, 3.63) is 33.9 Å². The number of hydrogen-bond donors (Lipinski definition) is 2. The second-order valence-electron chi connectivity index (χ2n) is 3.49. The van der Waals surface area contributed by atoms with Crippen LogP contribution in [-0.2, 0) is 4.79 Å². The molecule has 0 aliphatic carbocycles. The molecular weight excluding hydrogens is 210 g/mol. The molecule has 1 unspecified atom stereocenters. The van der Waals surface area contributed by atoms with Gasteiger partial charge in [0.05, 0.1) is 4.92 Å². The minimum absolute atomic E-state index is 0.0619. The maximum atomic E-state index is 10.9. The fourth-order valence-corrected chi connectivity index (χ4v) is 1.28. The Bertz CT molecular complexity index is 431. The van der Waals surface area contributed by atoms with Crippen molar-refractivity contribution in [2.24, 2.45) is 5.73 Å². The third-order valence-electron chi connectivity index (χ3n) is 2.24. The first-order valence-corrected chi connectivity index (χ1v) is 4.73. The van der Waals surface area contributed by atoms with Gasteiger partial charge >= 0.3 is 0 Å². The maximum absolute atomic E-state index is 10.9. The number of para-hydroxylation sites is 1. The van der Waals surface area contributed by atoms with Gasteiger partial charge < -0.3 is 11.1 Å². The number of carbonyl (C=O) groups is 1. The Kier molecular flexibility index (Phi) is 3.44. The fraction of sp³-hybridized carbons (Fsp3) is 0.300. The first kappa shape index (κ1) is 12.0. The van der Waals surface area contributed by atoms with E-state index in [1.54, 1.807) is 26.0 Å². The molecule has 0 saturated carbocycles. The predicted molar refractivity (Wildman–Crippen MR) is 60.1 cm³/mol. The van der Waals surface area contributed by atoms with E-state index in [0.29, 0.717) is 11.3 Å². The molecule has 3 N–H and O–H groups in total. The Morgan fingerprint density at radius 2 is 2.19 bits per heavy atom. The second kappa shape index (κ2) is 4.61. The van der Waals surface area contributed by atoms with Crippen LogP contribution in [0.15, 0.2) is 18.2 Å². The van der Waals surface area contributed by atoms with Crippen molar-refractivity contribution in [2.75, 3.05) is 5.32 Å². The number of carbonyl (C=O) groups excluding carboxylic acids is 1. The molecule has 6 nitrogen and oxygen atoms in total. The summed E-state index contributed by atoms with van der Waals surface area (Å²) < 4.78 is 0. The monoisotopic (exact) mass is 223 g/mol. The number of benzene rings is 1. The Hall–Kier alpha value is -2.11. The van der Waals surface area contributed by atoms with Crippen molar-refractivity contribution >= 4 is 17.3 Å². The van der Waals surface area contributed by atoms with E-state index in [1.165, 1.54) is 6.07 Å². The normalized spacial score (nSPS) is 11.9. The number of nitrogens with two attached hydrogens (primary N) is 1. The summed E-state index contributed by atoms with van der Waals surface area (Å²) in [5, 5.41) is 13.5. The lowest BCUT2D eigenvalue weighted by atomic mass is 10.1. The van der Waals surface area contributed by atoms with E-state index in [4.69, 9.17) is 5.73 Å². The number of hydrogen-bond acceptors (Lipinski definition) is 4. The van der Waals surface area contributed by atoms with Crippen LogP contribution in [0.25, 0.3) is 0 Å². The van der Waals surface area contributed by atoms with Gasteiger partial charge in [0.15, 0.2) is 0 Å². The van der Waals surface area contributed by atoms with Crippen LogP contribution >= 0.6 is 0 Å². The van der Waals surface area contributed by atoms with E-state index in [2.05, 4.69) is 5.32 Å². The van der Waals surface area contributed by atoms with E-state index >= 15 is 0 Å². The largest absolute Gasteiger partial charge is 0.368 e. The number of rotatable bonds is 4. The highest BCUT2D eigenvalue weighted by Crippen LogP contribution is 2.28. The van der Waals surface area contributed by atoms with Gasteiger partial charge in [-0.1, -0.05) is 12.1 Å². The lowest BCUT2D eigenvalue weighted by Gasteiger charge is -2.13. The zero-order valence-electron chi connectivity index (χ0n) is 9.06. The molecule has 0 saturated heterocycles. The van der Waals surface area contributed by atoms with Gasteiger partial charge in [-0.15, -0.1) is 0 Å².